The van der Waals surface area contributed by atoms with Crippen molar-refractivity contribution in [2.24, 2.45) is 5.10 Å². The van der Waals surface area contributed by atoms with Gasteiger partial charge in [-0.2, -0.15) is 20.1 Å². The standard InChI is InChI=1S/C19H28N8O2/c1-6-20-17-22-18(21-7-2)24-19(23-17)26-25-13(3)14-8-10-15(11-9-14)29-12-16(28)27(4)5/h8-11H,6-7,12H2,1-5H3,(H3,20,21,22,23,24,26)/b25-13+. The number of nitrogens with zero attached hydrogens (tertiary/aromatic N) is 5. The molecule has 1 aromatic heterocycles. The Balaban J connectivity index is 2.04. The molecule has 3 N–H and O–H groups in total. The van der Waals surface area contributed by atoms with Gasteiger partial charge in [-0.3, -0.25) is 4.79 Å². The summed E-state index contributed by atoms with van der Waals surface area (Å²) in [6.45, 7) is 7.21. The van der Waals surface area contributed by atoms with Crippen LogP contribution < -0.4 is 20.8 Å². The van der Waals surface area contributed by atoms with E-state index in [-0.39, 0.29) is 12.5 Å². The smallest absolute Gasteiger partial charge is 0.259 e. The first-order valence-corrected chi connectivity index (χ1v) is 9.40. The van der Waals surface area contributed by atoms with E-state index in [1.807, 2.05) is 32.9 Å². The molecule has 0 saturated carbocycles. The van der Waals surface area contributed by atoms with Gasteiger partial charge in [0.05, 0.1) is 5.71 Å². The van der Waals surface area contributed by atoms with E-state index >= 15 is 0 Å². The quantitative estimate of drug-likeness (QED) is 0.410. The van der Waals surface area contributed by atoms with E-state index in [2.05, 4.69) is 36.1 Å². The molecule has 10 heteroatoms. The third-order valence-electron chi connectivity index (χ3n) is 3.76. The number of carbonyl (C=O) groups is 1. The monoisotopic (exact) mass is 400 g/mol. The highest BCUT2D eigenvalue weighted by atomic mass is 16.5. The molecule has 2 aromatic rings. The maximum Gasteiger partial charge on any atom is 0.259 e. The van der Waals surface area contributed by atoms with E-state index in [1.54, 1.807) is 26.2 Å². The van der Waals surface area contributed by atoms with Crippen LogP contribution in [0.15, 0.2) is 29.4 Å². The number of nitrogens with one attached hydrogen (secondary N) is 3. The molecule has 156 valence electrons. The lowest BCUT2D eigenvalue weighted by Crippen LogP contribution is -2.27. The molecule has 0 atom stereocenters. The molecule has 0 aliphatic carbocycles. The minimum atomic E-state index is -0.0952. The van der Waals surface area contributed by atoms with Crippen molar-refractivity contribution in [1.29, 1.82) is 0 Å². The van der Waals surface area contributed by atoms with E-state index in [4.69, 9.17) is 4.74 Å². The van der Waals surface area contributed by atoms with Crippen molar-refractivity contribution < 1.29 is 9.53 Å². The molecule has 0 saturated heterocycles. The molecule has 29 heavy (non-hydrogen) atoms. The van der Waals surface area contributed by atoms with E-state index in [9.17, 15) is 4.79 Å². The summed E-state index contributed by atoms with van der Waals surface area (Å²) >= 11 is 0. The highest BCUT2D eigenvalue weighted by Gasteiger charge is 2.07. The molecule has 2 rings (SSSR count). The van der Waals surface area contributed by atoms with E-state index < -0.39 is 0 Å². The number of hydrazone groups is 1. The molecule has 0 spiro atoms. The molecule has 0 bridgehead atoms. The van der Waals surface area contributed by atoms with Crippen LogP contribution in [0.1, 0.15) is 26.3 Å². The van der Waals surface area contributed by atoms with Crippen molar-refractivity contribution in [2.45, 2.75) is 20.8 Å². The van der Waals surface area contributed by atoms with Gasteiger partial charge in [-0.15, -0.1) is 0 Å². The topological polar surface area (TPSA) is 117 Å². The Morgan fingerprint density at radius 2 is 1.55 bits per heavy atom. The number of hydrogen-bond donors (Lipinski definition) is 3. The fraction of sp³-hybridized carbons (Fsp3) is 0.421. The molecule has 0 aliphatic heterocycles. The lowest BCUT2D eigenvalue weighted by Gasteiger charge is -2.11. The summed E-state index contributed by atoms with van der Waals surface area (Å²) in [6, 6.07) is 7.34. The molecular weight excluding hydrogens is 372 g/mol. The molecule has 1 heterocycles. The number of benzene rings is 1. The molecule has 0 aliphatic rings. The maximum absolute atomic E-state index is 11.6. The number of ether oxygens (including phenoxy) is 1. The molecule has 0 fully saturated rings. The summed E-state index contributed by atoms with van der Waals surface area (Å²) in [5.74, 6) is 1.81. The Morgan fingerprint density at radius 1 is 1.00 bits per heavy atom. The molecule has 10 nitrogen and oxygen atoms in total. The summed E-state index contributed by atoms with van der Waals surface area (Å²) in [4.78, 5) is 25.9. The zero-order valence-corrected chi connectivity index (χ0v) is 17.5. The third kappa shape index (κ3) is 6.91. The highest BCUT2D eigenvalue weighted by molar-refractivity contribution is 5.99. The average Bonchev–Trinajstić information content (AvgIpc) is 2.71. The Kier molecular flexibility index (Phi) is 8.13. The van der Waals surface area contributed by atoms with Gasteiger partial charge in [0.25, 0.3) is 5.91 Å². The average molecular weight is 400 g/mol. The predicted molar refractivity (Wildman–Crippen MR) is 115 cm³/mol. The molecule has 1 aromatic carbocycles. The maximum atomic E-state index is 11.6. The minimum Gasteiger partial charge on any atom is -0.484 e. The molecule has 0 radical (unpaired) electrons. The predicted octanol–water partition coefficient (Wildman–Crippen LogP) is 2.04. The van der Waals surface area contributed by atoms with Crippen LogP contribution in [0.5, 0.6) is 5.75 Å². The van der Waals surface area contributed by atoms with E-state index in [0.29, 0.717) is 36.7 Å². The number of aromatic nitrogens is 3. The van der Waals surface area contributed by atoms with Crippen molar-refractivity contribution in [2.75, 3.05) is 49.9 Å². The van der Waals surface area contributed by atoms with Gasteiger partial charge >= 0.3 is 0 Å². The van der Waals surface area contributed by atoms with E-state index in [0.717, 1.165) is 11.3 Å². The van der Waals surface area contributed by atoms with Crippen LogP contribution in [0, 0.1) is 0 Å². The first-order valence-electron chi connectivity index (χ1n) is 9.40. The second-order valence-electron chi connectivity index (χ2n) is 6.28. The Morgan fingerprint density at radius 3 is 2.07 bits per heavy atom. The van der Waals surface area contributed by atoms with Crippen LogP contribution in [0.3, 0.4) is 0 Å². The van der Waals surface area contributed by atoms with Gasteiger partial charge < -0.3 is 20.3 Å². The lowest BCUT2D eigenvalue weighted by molar-refractivity contribution is -0.130. The van der Waals surface area contributed by atoms with Crippen molar-refractivity contribution in [3.8, 4) is 5.75 Å². The van der Waals surface area contributed by atoms with E-state index in [1.165, 1.54) is 4.90 Å². The van der Waals surface area contributed by atoms with Gasteiger partial charge in [0, 0.05) is 27.2 Å². The van der Waals surface area contributed by atoms with Crippen LogP contribution >= 0.6 is 0 Å². The summed E-state index contributed by atoms with van der Waals surface area (Å²) in [5.41, 5.74) is 4.52. The summed E-state index contributed by atoms with van der Waals surface area (Å²) in [6.07, 6.45) is 0. The van der Waals surface area contributed by atoms with Crippen LogP contribution in [0.2, 0.25) is 0 Å². The number of anilines is 3. The highest BCUT2D eigenvalue weighted by Crippen LogP contribution is 2.14. The fourth-order valence-corrected chi connectivity index (χ4v) is 2.17. The first kappa shape index (κ1) is 21.9. The van der Waals surface area contributed by atoms with Gasteiger partial charge in [0.1, 0.15) is 5.75 Å². The van der Waals surface area contributed by atoms with Crippen molar-refractivity contribution in [3.05, 3.63) is 29.8 Å². The summed E-state index contributed by atoms with van der Waals surface area (Å²) in [7, 11) is 3.38. The summed E-state index contributed by atoms with van der Waals surface area (Å²) in [5, 5.41) is 10.5. The van der Waals surface area contributed by atoms with Gasteiger partial charge in [-0.25, -0.2) is 5.43 Å². The molecular formula is C19H28N8O2. The summed E-state index contributed by atoms with van der Waals surface area (Å²) < 4.78 is 5.48. The number of likely N-dealkylation sites (N-methyl/N-ethyl adjacent to an activating group) is 1. The SMILES string of the molecule is CCNc1nc(NCC)nc(N/N=C(\C)c2ccc(OCC(=O)N(C)C)cc2)n1. The normalized spacial score (nSPS) is 11.0. The van der Waals surface area contributed by atoms with Crippen LogP contribution in [0.4, 0.5) is 17.8 Å². The zero-order chi connectivity index (χ0) is 21.2. The third-order valence-corrected chi connectivity index (χ3v) is 3.76. The zero-order valence-electron chi connectivity index (χ0n) is 17.5. The lowest BCUT2D eigenvalue weighted by atomic mass is 10.1. The van der Waals surface area contributed by atoms with Gasteiger partial charge in [-0.05, 0) is 50.6 Å². The largest absolute Gasteiger partial charge is 0.484 e. The van der Waals surface area contributed by atoms with Crippen LogP contribution in [-0.2, 0) is 4.79 Å². The van der Waals surface area contributed by atoms with Crippen molar-refractivity contribution in [3.63, 3.8) is 0 Å². The van der Waals surface area contributed by atoms with Gasteiger partial charge in [-0.1, -0.05) is 0 Å². The van der Waals surface area contributed by atoms with Crippen LogP contribution in [0.25, 0.3) is 0 Å². The van der Waals surface area contributed by atoms with Gasteiger partial charge in [0.15, 0.2) is 6.61 Å². The van der Waals surface area contributed by atoms with Crippen molar-refractivity contribution >= 4 is 29.5 Å². The number of hydrogen-bond acceptors (Lipinski definition) is 9. The Bertz CT molecular complexity index is 812. The van der Waals surface area contributed by atoms with Gasteiger partial charge in [0.2, 0.25) is 17.8 Å². The molecule has 0 unspecified atom stereocenters. The second-order valence-corrected chi connectivity index (χ2v) is 6.28. The first-order chi connectivity index (χ1) is 13.9. The fourth-order valence-electron chi connectivity index (χ4n) is 2.17. The second kappa shape index (κ2) is 10.8. The van der Waals surface area contributed by atoms with Crippen LogP contribution in [-0.4, -0.2) is 65.3 Å². The number of rotatable bonds is 10. The Labute approximate surface area is 170 Å². The van der Waals surface area contributed by atoms with Crippen molar-refractivity contribution in [1.82, 2.24) is 19.9 Å². The minimum absolute atomic E-state index is 0.00259. The molecule has 1 amide bonds. The number of carbonyl (C=O) groups excluding carboxylic acids is 1. The number of amides is 1. The Hall–Kier alpha value is -3.43.